The second kappa shape index (κ2) is 10.2. The monoisotopic (exact) mass is 517 g/mol. The predicted molar refractivity (Wildman–Crippen MR) is 138 cm³/mol. The first-order valence-corrected chi connectivity index (χ1v) is 11.8. The highest BCUT2D eigenvalue weighted by Crippen LogP contribution is 2.25. The van der Waals surface area contributed by atoms with Crippen molar-refractivity contribution in [2.75, 3.05) is 10.6 Å². The second-order valence-electron chi connectivity index (χ2n) is 8.46. The van der Waals surface area contributed by atoms with Gasteiger partial charge in [-0.25, -0.2) is 9.18 Å². The fourth-order valence-electron chi connectivity index (χ4n) is 4.17. The molecule has 0 bridgehead atoms. The zero-order valence-corrected chi connectivity index (χ0v) is 20.2. The zero-order valence-electron chi connectivity index (χ0n) is 19.4. The van der Waals surface area contributed by atoms with Gasteiger partial charge in [0.2, 0.25) is 5.91 Å². The normalized spacial score (nSPS) is 14.5. The van der Waals surface area contributed by atoms with E-state index in [-0.39, 0.29) is 24.2 Å². The molecular formula is C27H21ClFN5O3. The minimum Gasteiger partial charge on any atom is -0.322 e. The van der Waals surface area contributed by atoms with Gasteiger partial charge in [0.05, 0.1) is 17.9 Å². The molecule has 1 aliphatic rings. The van der Waals surface area contributed by atoms with Gasteiger partial charge in [0.25, 0.3) is 5.56 Å². The molecule has 0 saturated carbocycles. The molecule has 4 aromatic rings. The van der Waals surface area contributed by atoms with E-state index < -0.39 is 23.8 Å². The molecule has 8 nitrogen and oxygen atoms in total. The van der Waals surface area contributed by atoms with E-state index in [9.17, 15) is 18.8 Å². The van der Waals surface area contributed by atoms with E-state index in [1.807, 2.05) is 6.07 Å². The summed E-state index contributed by atoms with van der Waals surface area (Å²) in [4.78, 5) is 44.4. The number of fused-ring (bicyclic) bond motifs is 1. The molecule has 0 spiro atoms. The third-order valence-electron chi connectivity index (χ3n) is 6.06. The molecule has 1 unspecified atom stereocenters. The standard InChI is InChI=1S/C27H21ClFN5O3/c28-18-6-8-19(9-7-18)31-27(37)34-16-17-4-3-12-30-23(17)15-24(34)26(36)32-22-11-10-20(14-21(22)29)33-13-2-1-5-25(33)35/h1-14,24H,15-16H2,(H,31,37)(H,32,36). The maximum Gasteiger partial charge on any atom is 0.322 e. The molecule has 0 fully saturated rings. The largest absolute Gasteiger partial charge is 0.322 e. The Balaban J connectivity index is 1.39. The number of amides is 3. The summed E-state index contributed by atoms with van der Waals surface area (Å²) in [5.41, 5.74) is 1.97. The Morgan fingerprint density at radius 3 is 2.57 bits per heavy atom. The molecule has 10 heteroatoms. The van der Waals surface area contributed by atoms with Gasteiger partial charge in [0, 0.05) is 47.4 Å². The lowest BCUT2D eigenvalue weighted by Crippen LogP contribution is -2.52. The summed E-state index contributed by atoms with van der Waals surface area (Å²) in [6, 6.07) is 17.5. The van der Waals surface area contributed by atoms with Crippen LogP contribution in [0.2, 0.25) is 5.02 Å². The summed E-state index contributed by atoms with van der Waals surface area (Å²) in [6.45, 7) is 0.152. The number of hydrogen-bond acceptors (Lipinski definition) is 4. The number of benzene rings is 2. The maximum atomic E-state index is 15.0. The predicted octanol–water partition coefficient (Wildman–Crippen LogP) is 4.62. The van der Waals surface area contributed by atoms with Crippen molar-refractivity contribution in [2.24, 2.45) is 0 Å². The van der Waals surface area contributed by atoms with Gasteiger partial charge in [-0.1, -0.05) is 23.7 Å². The summed E-state index contributed by atoms with van der Waals surface area (Å²) in [7, 11) is 0. The average Bonchev–Trinajstić information content (AvgIpc) is 2.90. The van der Waals surface area contributed by atoms with Crippen LogP contribution in [0, 0.1) is 5.82 Å². The Morgan fingerprint density at radius 1 is 1.00 bits per heavy atom. The third-order valence-corrected chi connectivity index (χ3v) is 6.31. The summed E-state index contributed by atoms with van der Waals surface area (Å²) < 4.78 is 16.3. The number of pyridine rings is 2. The molecule has 2 N–H and O–H groups in total. The lowest BCUT2D eigenvalue weighted by atomic mass is 9.98. The summed E-state index contributed by atoms with van der Waals surface area (Å²) in [6.07, 6.45) is 3.31. The first kappa shape index (κ1) is 24.2. The zero-order chi connectivity index (χ0) is 25.9. The van der Waals surface area contributed by atoms with Crippen molar-refractivity contribution < 1.29 is 14.0 Å². The van der Waals surface area contributed by atoms with Crippen molar-refractivity contribution >= 4 is 34.9 Å². The van der Waals surface area contributed by atoms with Gasteiger partial charge in [-0.15, -0.1) is 0 Å². The highest BCUT2D eigenvalue weighted by atomic mass is 35.5. The molecule has 3 amide bonds. The van der Waals surface area contributed by atoms with Crippen molar-refractivity contribution in [3.63, 3.8) is 0 Å². The van der Waals surface area contributed by atoms with Crippen molar-refractivity contribution in [3.05, 3.63) is 118 Å². The molecule has 37 heavy (non-hydrogen) atoms. The Kier molecular flexibility index (Phi) is 6.70. The Labute approximate surface area is 216 Å². The lowest BCUT2D eigenvalue weighted by molar-refractivity contribution is -0.120. The number of nitrogens with zero attached hydrogens (tertiary/aromatic N) is 3. The molecule has 2 aromatic carbocycles. The van der Waals surface area contributed by atoms with Crippen LogP contribution in [0.1, 0.15) is 11.3 Å². The topological polar surface area (TPSA) is 96.3 Å². The Morgan fingerprint density at radius 2 is 1.81 bits per heavy atom. The quantitative estimate of drug-likeness (QED) is 0.413. The average molecular weight is 518 g/mol. The van der Waals surface area contributed by atoms with Crippen LogP contribution in [0.3, 0.4) is 0 Å². The van der Waals surface area contributed by atoms with Crippen molar-refractivity contribution in [1.82, 2.24) is 14.5 Å². The van der Waals surface area contributed by atoms with Crippen LogP contribution in [0.25, 0.3) is 5.69 Å². The number of halogens is 2. The summed E-state index contributed by atoms with van der Waals surface area (Å²) in [5.74, 6) is -1.28. The summed E-state index contributed by atoms with van der Waals surface area (Å²) >= 11 is 5.93. The van der Waals surface area contributed by atoms with Gasteiger partial charge in [0.1, 0.15) is 11.9 Å². The van der Waals surface area contributed by atoms with Gasteiger partial charge in [-0.2, -0.15) is 0 Å². The lowest BCUT2D eigenvalue weighted by Gasteiger charge is -2.35. The molecule has 0 aliphatic carbocycles. The molecule has 1 aliphatic heterocycles. The maximum absolute atomic E-state index is 15.0. The van der Waals surface area contributed by atoms with E-state index in [0.29, 0.717) is 22.1 Å². The summed E-state index contributed by atoms with van der Waals surface area (Å²) in [5, 5.41) is 5.90. The van der Waals surface area contributed by atoms with Gasteiger partial charge < -0.3 is 15.5 Å². The fourth-order valence-corrected chi connectivity index (χ4v) is 4.30. The molecule has 5 rings (SSSR count). The number of carbonyl (C=O) groups is 2. The number of nitrogens with one attached hydrogen (secondary N) is 2. The van der Waals surface area contributed by atoms with E-state index in [1.165, 1.54) is 39.9 Å². The molecule has 0 radical (unpaired) electrons. The van der Waals surface area contributed by atoms with Crippen molar-refractivity contribution in [3.8, 4) is 5.69 Å². The van der Waals surface area contributed by atoms with Crippen LogP contribution < -0.4 is 16.2 Å². The molecule has 3 heterocycles. The fraction of sp³-hybridized carbons (Fsp3) is 0.111. The Hall–Kier alpha value is -4.50. The Bertz CT molecular complexity index is 1540. The molecule has 1 atom stereocenters. The van der Waals surface area contributed by atoms with Crippen LogP contribution in [-0.2, 0) is 17.8 Å². The molecule has 186 valence electrons. The van der Waals surface area contributed by atoms with Crippen LogP contribution in [0.5, 0.6) is 0 Å². The first-order valence-electron chi connectivity index (χ1n) is 11.4. The van der Waals surface area contributed by atoms with Crippen molar-refractivity contribution in [1.29, 1.82) is 0 Å². The second-order valence-corrected chi connectivity index (χ2v) is 8.89. The third kappa shape index (κ3) is 5.22. The highest BCUT2D eigenvalue weighted by Gasteiger charge is 2.35. The van der Waals surface area contributed by atoms with E-state index in [1.54, 1.807) is 48.7 Å². The molecular weight excluding hydrogens is 497 g/mol. The van der Waals surface area contributed by atoms with Crippen LogP contribution in [-0.4, -0.2) is 32.4 Å². The molecule has 0 saturated heterocycles. The number of hydrogen-bond donors (Lipinski definition) is 2. The number of anilines is 2. The van der Waals surface area contributed by atoms with Crippen molar-refractivity contribution in [2.45, 2.75) is 19.0 Å². The van der Waals surface area contributed by atoms with Crippen LogP contribution in [0.15, 0.2) is 90.0 Å². The van der Waals surface area contributed by atoms with Crippen LogP contribution in [0.4, 0.5) is 20.6 Å². The van der Waals surface area contributed by atoms with Gasteiger partial charge in [-0.3, -0.25) is 19.1 Å². The highest BCUT2D eigenvalue weighted by molar-refractivity contribution is 6.30. The number of carbonyl (C=O) groups excluding carboxylic acids is 2. The first-order chi connectivity index (χ1) is 17.9. The van der Waals surface area contributed by atoms with E-state index in [4.69, 9.17) is 11.6 Å². The van der Waals surface area contributed by atoms with Crippen LogP contribution >= 0.6 is 11.6 Å². The van der Waals surface area contributed by atoms with E-state index >= 15 is 0 Å². The van der Waals surface area contributed by atoms with Gasteiger partial charge in [-0.05, 0) is 54.1 Å². The molecule has 2 aromatic heterocycles. The number of urea groups is 1. The van der Waals surface area contributed by atoms with E-state index in [0.717, 1.165) is 5.56 Å². The number of rotatable bonds is 4. The van der Waals surface area contributed by atoms with E-state index in [2.05, 4.69) is 15.6 Å². The smallest absolute Gasteiger partial charge is 0.322 e. The minimum atomic E-state index is -0.939. The number of aromatic nitrogens is 2. The van der Waals surface area contributed by atoms with Gasteiger partial charge >= 0.3 is 6.03 Å². The van der Waals surface area contributed by atoms with Gasteiger partial charge in [0.15, 0.2) is 0 Å². The SMILES string of the molecule is O=C(Nc1ccc(-n2ccccc2=O)cc1F)C1Cc2ncccc2CN1C(=O)Nc1ccc(Cl)cc1. The minimum absolute atomic E-state index is 0.0670.